The molecule has 1 aromatic heterocycles. The molecule has 1 fully saturated rings. The average molecular weight is 365 g/mol. The van der Waals surface area contributed by atoms with Crippen LogP contribution in [0.1, 0.15) is 48.2 Å². The van der Waals surface area contributed by atoms with Crippen LogP contribution in [0.3, 0.4) is 0 Å². The number of carboxylic acid groups (broad SMARTS) is 1. The summed E-state index contributed by atoms with van der Waals surface area (Å²) >= 11 is 0. The van der Waals surface area contributed by atoms with E-state index in [1.807, 2.05) is 42.5 Å². The largest absolute Gasteiger partial charge is 0.490 e. The Labute approximate surface area is 157 Å². The van der Waals surface area contributed by atoms with Crippen LogP contribution in [0, 0.1) is 0 Å². The van der Waals surface area contributed by atoms with Crippen molar-refractivity contribution >= 4 is 16.9 Å². The Bertz CT molecular complexity index is 926. The van der Waals surface area contributed by atoms with E-state index in [0.717, 1.165) is 23.8 Å². The molecule has 0 saturated heterocycles. The highest BCUT2D eigenvalue weighted by atomic mass is 16.5. The number of benzene rings is 2. The first-order chi connectivity index (χ1) is 13.2. The smallest absolute Gasteiger partial charge is 0.352 e. The van der Waals surface area contributed by atoms with E-state index >= 15 is 0 Å². The lowest BCUT2D eigenvalue weighted by Crippen LogP contribution is -2.19. The predicted molar refractivity (Wildman–Crippen MR) is 104 cm³/mol. The van der Waals surface area contributed by atoms with Crippen LogP contribution >= 0.6 is 0 Å². The van der Waals surface area contributed by atoms with E-state index < -0.39 is 5.97 Å². The molecule has 1 aliphatic carbocycles. The molecule has 4 rings (SSSR count). The quantitative estimate of drug-likeness (QED) is 0.633. The lowest BCUT2D eigenvalue weighted by Gasteiger charge is -2.23. The van der Waals surface area contributed by atoms with Gasteiger partial charge in [-0.25, -0.2) is 4.79 Å². The molecule has 0 aliphatic heterocycles. The van der Waals surface area contributed by atoms with Crippen LogP contribution < -0.4 is 9.47 Å². The molecule has 140 valence electrons. The van der Waals surface area contributed by atoms with Crippen molar-refractivity contribution in [1.29, 1.82) is 0 Å². The summed E-state index contributed by atoms with van der Waals surface area (Å²) in [5, 5.41) is 10.1. The number of ether oxygens (including phenoxy) is 2. The van der Waals surface area contributed by atoms with Crippen molar-refractivity contribution in [2.45, 2.75) is 44.8 Å². The van der Waals surface area contributed by atoms with Gasteiger partial charge in [0.2, 0.25) is 0 Å². The first kappa shape index (κ1) is 17.5. The van der Waals surface area contributed by atoms with Crippen molar-refractivity contribution in [2.75, 3.05) is 0 Å². The van der Waals surface area contributed by atoms with Gasteiger partial charge in [0.15, 0.2) is 0 Å². The van der Waals surface area contributed by atoms with Gasteiger partial charge in [-0.05, 0) is 37.3 Å². The first-order valence-corrected chi connectivity index (χ1v) is 9.42. The summed E-state index contributed by atoms with van der Waals surface area (Å²) in [6.07, 6.45) is 5.84. The molecule has 1 heterocycles. The maximum Gasteiger partial charge on any atom is 0.352 e. The molecular formula is C22H23NO4. The summed E-state index contributed by atoms with van der Waals surface area (Å²) in [5.74, 6) is 0.365. The van der Waals surface area contributed by atoms with Crippen LogP contribution in [0.5, 0.6) is 11.5 Å². The van der Waals surface area contributed by atoms with Crippen LogP contribution in [-0.4, -0.2) is 22.2 Å². The van der Waals surface area contributed by atoms with Gasteiger partial charge in [0.05, 0.1) is 11.6 Å². The van der Waals surface area contributed by atoms with E-state index in [9.17, 15) is 9.90 Å². The Morgan fingerprint density at radius 3 is 2.59 bits per heavy atom. The second-order valence-corrected chi connectivity index (χ2v) is 7.02. The van der Waals surface area contributed by atoms with Crippen LogP contribution in [0.2, 0.25) is 0 Å². The van der Waals surface area contributed by atoms with Gasteiger partial charge in [-0.1, -0.05) is 36.8 Å². The molecule has 0 unspecified atom stereocenters. The number of rotatable bonds is 6. The highest BCUT2D eigenvalue weighted by Crippen LogP contribution is 2.34. The lowest BCUT2D eigenvalue weighted by molar-refractivity contribution is 0.0691. The maximum absolute atomic E-state index is 11.4. The fraction of sp³-hybridized carbons (Fsp3) is 0.318. The predicted octanol–water partition coefficient (Wildman–Crippen LogP) is 5.16. The molecule has 5 nitrogen and oxygen atoms in total. The summed E-state index contributed by atoms with van der Waals surface area (Å²) in [4.78, 5) is 14.3. The van der Waals surface area contributed by atoms with Gasteiger partial charge in [0.1, 0.15) is 23.8 Å². The zero-order valence-corrected chi connectivity index (χ0v) is 15.1. The molecule has 3 aromatic rings. The molecule has 5 heteroatoms. The Morgan fingerprint density at radius 2 is 1.85 bits per heavy atom. The second-order valence-electron chi connectivity index (χ2n) is 7.02. The molecule has 2 aromatic carbocycles. The van der Waals surface area contributed by atoms with E-state index in [4.69, 9.17) is 9.47 Å². The van der Waals surface area contributed by atoms with Gasteiger partial charge in [0.25, 0.3) is 0 Å². The molecule has 0 amide bonds. The van der Waals surface area contributed by atoms with Gasteiger partial charge in [0, 0.05) is 17.5 Å². The van der Waals surface area contributed by atoms with Crippen LogP contribution in [0.25, 0.3) is 10.9 Å². The molecule has 0 atom stereocenters. The number of hydrogen-bond donors (Lipinski definition) is 2. The van der Waals surface area contributed by atoms with Gasteiger partial charge < -0.3 is 19.6 Å². The van der Waals surface area contributed by atoms with Crippen molar-refractivity contribution in [2.24, 2.45) is 0 Å². The van der Waals surface area contributed by atoms with Crippen molar-refractivity contribution in [1.82, 2.24) is 4.98 Å². The fourth-order valence-electron chi connectivity index (χ4n) is 3.58. The van der Waals surface area contributed by atoms with Crippen LogP contribution in [-0.2, 0) is 6.61 Å². The first-order valence-electron chi connectivity index (χ1n) is 9.42. The number of carboxylic acids is 1. The lowest BCUT2D eigenvalue weighted by atomic mass is 9.98. The minimum atomic E-state index is -0.985. The molecule has 0 bridgehead atoms. The van der Waals surface area contributed by atoms with Crippen molar-refractivity contribution in [3.8, 4) is 11.5 Å². The fourth-order valence-corrected chi connectivity index (χ4v) is 3.58. The SMILES string of the molecule is O=C(O)c1cc2c(OC3CCCCC3)cc(OCc3ccccc3)cc2[nH]1. The van der Waals surface area contributed by atoms with Crippen LogP contribution in [0.15, 0.2) is 48.5 Å². The van der Waals surface area contributed by atoms with E-state index in [-0.39, 0.29) is 11.8 Å². The highest BCUT2D eigenvalue weighted by Gasteiger charge is 2.19. The van der Waals surface area contributed by atoms with Crippen molar-refractivity contribution in [3.63, 3.8) is 0 Å². The Kier molecular flexibility index (Phi) is 5.01. The maximum atomic E-state index is 11.4. The van der Waals surface area contributed by atoms with E-state index in [1.165, 1.54) is 19.3 Å². The second kappa shape index (κ2) is 7.74. The van der Waals surface area contributed by atoms with Crippen molar-refractivity contribution < 1.29 is 19.4 Å². The number of fused-ring (bicyclic) bond motifs is 1. The normalized spacial score (nSPS) is 15.0. The molecule has 1 aliphatic rings. The van der Waals surface area contributed by atoms with Crippen LogP contribution in [0.4, 0.5) is 0 Å². The summed E-state index contributed by atoms with van der Waals surface area (Å²) in [7, 11) is 0. The van der Waals surface area contributed by atoms with E-state index in [0.29, 0.717) is 23.6 Å². The number of aromatic amines is 1. The number of carbonyl (C=O) groups is 1. The molecular weight excluding hydrogens is 342 g/mol. The average Bonchev–Trinajstić information content (AvgIpc) is 3.13. The van der Waals surface area contributed by atoms with Gasteiger partial charge in [-0.3, -0.25) is 0 Å². The van der Waals surface area contributed by atoms with Crippen molar-refractivity contribution in [3.05, 3.63) is 59.8 Å². The zero-order chi connectivity index (χ0) is 18.6. The van der Waals surface area contributed by atoms with Gasteiger partial charge in [-0.2, -0.15) is 0 Å². The zero-order valence-electron chi connectivity index (χ0n) is 15.1. The minimum absolute atomic E-state index is 0.152. The third kappa shape index (κ3) is 4.08. The summed E-state index contributed by atoms with van der Waals surface area (Å²) in [6, 6.07) is 15.3. The number of aromatic nitrogens is 1. The highest BCUT2D eigenvalue weighted by molar-refractivity contribution is 5.96. The molecule has 2 N–H and O–H groups in total. The number of aromatic carboxylic acids is 1. The molecule has 0 radical (unpaired) electrons. The Balaban J connectivity index is 1.63. The van der Waals surface area contributed by atoms with E-state index in [2.05, 4.69) is 4.98 Å². The Hall–Kier alpha value is -2.95. The molecule has 27 heavy (non-hydrogen) atoms. The van der Waals surface area contributed by atoms with Gasteiger partial charge >= 0.3 is 5.97 Å². The summed E-state index contributed by atoms with van der Waals surface area (Å²) in [6.45, 7) is 0.446. The minimum Gasteiger partial charge on any atom is -0.490 e. The number of nitrogens with one attached hydrogen (secondary N) is 1. The monoisotopic (exact) mass is 365 g/mol. The summed E-state index contributed by atoms with van der Waals surface area (Å²) < 4.78 is 12.2. The standard InChI is InChI=1S/C22H23NO4/c24-22(25)20-13-18-19(23-20)11-17(26-14-15-7-3-1-4-8-15)12-21(18)27-16-9-5-2-6-10-16/h1,3-4,7-8,11-13,16,23H,2,5-6,9-10,14H2,(H,24,25). The Morgan fingerprint density at radius 1 is 1.07 bits per heavy atom. The third-order valence-electron chi connectivity index (χ3n) is 5.00. The number of H-pyrrole nitrogens is 1. The third-order valence-corrected chi connectivity index (χ3v) is 5.00. The number of hydrogen-bond acceptors (Lipinski definition) is 3. The molecule has 1 saturated carbocycles. The summed E-state index contributed by atoms with van der Waals surface area (Å²) in [5.41, 5.74) is 1.94. The topological polar surface area (TPSA) is 71.6 Å². The van der Waals surface area contributed by atoms with Gasteiger partial charge in [-0.15, -0.1) is 0 Å². The van der Waals surface area contributed by atoms with E-state index in [1.54, 1.807) is 6.07 Å². The molecule has 0 spiro atoms.